The van der Waals surface area contributed by atoms with E-state index in [4.69, 9.17) is 0 Å². The van der Waals surface area contributed by atoms with Gasteiger partial charge in [-0.15, -0.1) is 11.3 Å². The van der Waals surface area contributed by atoms with E-state index < -0.39 is 0 Å². The fourth-order valence-corrected chi connectivity index (χ4v) is 3.52. The molecule has 0 spiro atoms. The number of carbonyl (C=O) groups is 2. The summed E-state index contributed by atoms with van der Waals surface area (Å²) < 4.78 is 0. The highest BCUT2D eigenvalue weighted by Crippen LogP contribution is 2.26. The van der Waals surface area contributed by atoms with Gasteiger partial charge in [0.25, 0.3) is 0 Å². The van der Waals surface area contributed by atoms with Crippen LogP contribution < -0.4 is 10.6 Å². The van der Waals surface area contributed by atoms with Crippen molar-refractivity contribution in [1.29, 1.82) is 0 Å². The number of anilines is 1. The Kier molecular flexibility index (Phi) is 4.73. The molecule has 23 heavy (non-hydrogen) atoms. The number of hydrogen-bond donors (Lipinski definition) is 2. The van der Waals surface area contributed by atoms with E-state index in [0.717, 1.165) is 16.1 Å². The second-order valence-corrected chi connectivity index (χ2v) is 6.57. The molecule has 5 nitrogen and oxygen atoms in total. The summed E-state index contributed by atoms with van der Waals surface area (Å²) in [5, 5.41) is 7.71. The van der Waals surface area contributed by atoms with E-state index >= 15 is 0 Å². The van der Waals surface area contributed by atoms with E-state index in [-0.39, 0.29) is 24.4 Å². The molecule has 1 aromatic carbocycles. The molecule has 2 aromatic rings. The van der Waals surface area contributed by atoms with Crippen LogP contribution in [0.3, 0.4) is 0 Å². The van der Waals surface area contributed by atoms with Crippen LogP contribution in [0.4, 0.5) is 5.69 Å². The third-order valence-corrected chi connectivity index (χ3v) is 4.73. The largest absolute Gasteiger partial charge is 0.353 e. The maximum atomic E-state index is 12.3. The number of rotatable bonds is 4. The lowest BCUT2D eigenvalue weighted by molar-refractivity contribution is -0.130. The highest BCUT2D eigenvalue weighted by Gasteiger charge is 2.32. The molecule has 0 saturated carbocycles. The van der Waals surface area contributed by atoms with Crippen LogP contribution in [-0.4, -0.2) is 36.3 Å². The average molecular weight is 329 g/mol. The van der Waals surface area contributed by atoms with Crippen molar-refractivity contribution in [1.82, 2.24) is 10.2 Å². The summed E-state index contributed by atoms with van der Waals surface area (Å²) in [6.07, 6.45) is 0. The van der Waals surface area contributed by atoms with Gasteiger partial charge in [-0.25, -0.2) is 0 Å². The Morgan fingerprint density at radius 3 is 2.83 bits per heavy atom. The predicted octanol–water partition coefficient (Wildman–Crippen LogP) is 2.17. The summed E-state index contributed by atoms with van der Waals surface area (Å²) in [7, 11) is 0. The van der Waals surface area contributed by atoms with Crippen LogP contribution in [0.1, 0.15) is 16.5 Å². The fourth-order valence-electron chi connectivity index (χ4n) is 2.66. The molecule has 120 valence electrons. The molecule has 1 aromatic heterocycles. The van der Waals surface area contributed by atoms with Gasteiger partial charge in [0.1, 0.15) is 6.04 Å². The maximum absolute atomic E-state index is 12.3. The number of benzene rings is 1. The smallest absolute Gasteiger partial charge is 0.242 e. The molecular weight excluding hydrogens is 310 g/mol. The molecule has 2 amide bonds. The van der Waals surface area contributed by atoms with E-state index in [0.29, 0.717) is 13.1 Å². The average Bonchev–Trinajstić information content (AvgIpc) is 3.03. The second kappa shape index (κ2) is 6.93. The summed E-state index contributed by atoms with van der Waals surface area (Å²) in [4.78, 5) is 27.4. The maximum Gasteiger partial charge on any atom is 0.242 e. The molecule has 0 radical (unpaired) electrons. The van der Waals surface area contributed by atoms with Crippen LogP contribution in [0, 0.1) is 6.92 Å². The van der Waals surface area contributed by atoms with Gasteiger partial charge in [-0.3, -0.25) is 14.5 Å². The molecule has 6 heteroatoms. The molecule has 0 bridgehead atoms. The van der Waals surface area contributed by atoms with Gasteiger partial charge in [0.15, 0.2) is 0 Å². The highest BCUT2D eigenvalue weighted by molar-refractivity contribution is 7.10. The van der Waals surface area contributed by atoms with Crippen LogP contribution in [0.2, 0.25) is 0 Å². The normalized spacial score (nSPS) is 18.5. The number of amides is 2. The minimum atomic E-state index is -0.382. The van der Waals surface area contributed by atoms with Crippen molar-refractivity contribution in [2.75, 3.05) is 25.0 Å². The number of carbonyl (C=O) groups excluding carboxylic acids is 2. The lowest BCUT2D eigenvalue weighted by Crippen LogP contribution is -2.51. The van der Waals surface area contributed by atoms with Crippen LogP contribution in [-0.2, 0) is 9.59 Å². The van der Waals surface area contributed by atoms with Gasteiger partial charge in [-0.05, 0) is 30.5 Å². The van der Waals surface area contributed by atoms with Crippen molar-refractivity contribution in [3.8, 4) is 0 Å². The molecule has 3 rings (SSSR count). The molecule has 1 aliphatic heterocycles. The molecular formula is C17H19N3O2S. The third kappa shape index (κ3) is 3.78. The van der Waals surface area contributed by atoms with Gasteiger partial charge in [0, 0.05) is 23.7 Å². The molecule has 1 fully saturated rings. The zero-order chi connectivity index (χ0) is 16.2. The molecule has 2 N–H and O–H groups in total. The van der Waals surface area contributed by atoms with Crippen LogP contribution >= 0.6 is 11.3 Å². The first kappa shape index (κ1) is 15.7. The van der Waals surface area contributed by atoms with E-state index in [1.807, 2.05) is 53.6 Å². The fraction of sp³-hybridized carbons (Fsp3) is 0.294. The summed E-state index contributed by atoms with van der Waals surface area (Å²) in [6.45, 7) is 3.43. The Labute approximate surface area is 139 Å². The second-order valence-electron chi connectivity index (χ2n) is 5.59. The van der Waals surface area contributed by atoms with Gasteiger partial charge in [-0.2, -0.15) is 0 Å². The summed E-state index contributed by atoms with van der Waals surface area (Å²) in [6, 6.07) is 11.2. The Bertz CT molecular complexity index is 682. The van der Waals surface area contributed by atoms with Crippen molar-refractivity contribution in [2.24, 2.45) is 0 Å². The first-order chi connectivity index (χ1) is 11.1. The third-order valence-electron chi connectivity index (χ3n) is 3.81. The van der Waals surface area contributed by atoms with Crippen LogP contribution in [0.5, 0.6) is 0 Å². The first-order valence-electron chi connectivity index (χ1n) is 7.55. The number of aryl methyl sites for hydroxylation is 1. The number of nitrogens with zero attached hydrogens (tertiary/aromatic N) is 1. The Balaban J connectivity index is 1.68. The van der Waals surface area contributed by atoms with Crippen molar-refractivity contribution in [2.45, 2.75) is 13.0 Å². The summed E-state index contributed by atoms with van der Waals surface area (Å²) in [5.74, 6) is -0.146. The van der Waals surface area contributed by atoms with Gasteiger partial charge < -0.3 is 10.6 Å². The number of piperazine rings is 1. The number of hydrogen-bond acceptors (Lipinski definition) is 4. The van der Waals surface area contributed by atoms with Gasteiger partial charge in [0.05, 0.1) is 6.54 Å². The molecule has 1 unspecified atom stereocenters. The summed E-state index contributed by atoms with van der Waals surface area (Å²) >= 11 is 1.54. The molecule has 1 aliphatic rings. The minimum Gasteiger partial charge on any atom is -0.353 e. The van der Waals surface area contributed by atoms with E-state index in [2.05, 4.69) is 10.6 Å². The van der Waals surface area contributed by atoms with Crippen LogP contribution in [0.25, 0.3) is 0 Å². The van der Waals surface area contributed by atoms with Crippen molar-refractivity contribution >= 4 is 28.8 Å². The van der Waals surface area contributed by atoms with Gasteiger partial charge in [0.2, 0.25) is 11.8 Å². The molecule has 1 saturated heterocycles. The molecule has 2 heterocycles. The quantitative estimate of drug-likeness (QED) is 0.904. The first-order valence-corrected chi connectivity index (χ1v) is 8.43. The number of thiophene rings is 1. The van der Waals surface area contributed by atoms with Crippen molar-refractivity contribution in [3.63, 3.8) is 0 Å². The van der Waals surface area contributed by atoms with E-state index in [9.17, 15) is 9.59 Å². The predicted molar refractivity (Wildman–Crippen MR) is 91.5 cm³/mol. The minimum absolute atomic E-state index is 0.0400. The Morgan fingerprint density at radius 1 is 1.35 bits per heavy atom. The zero-order valence-corrected chi connectivity index (χ0v) is 13.7. The van der Waals surface area contributed by atoms with Crippen molar-refractivity contribution in [3.05, 3.63) is 52.2 Å². The number of nitrogens with one attached hydrogen (secondary N) is 2. The SMILES string of the molecule is Cc1ccc(NC(=O)CN2CCNC(=O)C2c2cccs2)cc1. The standard InChI is InChI=1S/C17H19N3O2S/c1-12-4-6-13(7-5-12)19-15(21)11-20-9-8-18-17(22)16(20)14-3-2-10-23-14/h2-7,10,16H,8-9,11H2,1H3,(H,18,22)(H,19,21). The Hall–Kier alpha value is -2.18. The van der Waals surface area contributed by atoms with E-state index in [1.165, 1.54) is 11.3 Å². The van der Waals surface area contributed by atoms with Crippen molar-refractivity contribution < 1.29 is 9.59 Å². The highest BCUT2D eigenvalue weighted by atomic mass is 32.1. The Morgan fingerprint density at radius 2 is 2.13 bits per heavy atom. The summed E-state index contributed by atoms with van der Waals surface area (Å²) in [5.41, 5.74) is 1.92. The van der Waals surface area contributed by atoms with Gasteiger partial charge >= 0.3 is 0 Å². The van der Waals surface area contributed by atoms with Gasteiger partial charge in [-0.1, -0.05) is 23.8 Å². The van der Waals surface area contributed by atoms with E-state index in [1.54, 1.807) is 0 Å². The molecule has 0 aliphatic carbocycles. The monoisotopic (exact) mass is 329 g/mol. The lowest BCUT2D eigenvalue weighted by atomic mass is 10.1. The van der Waals surface area contributed by atoms with Crippen LogP contribution in [0.15, 0.2) is 41.8 Å². The lowest BCUT2D eigenvalue weighted by Gasteiger charge is -2.33. The zero-order valence-electron chi connectivity index (χ0n) is 12.9. The topological polar surface area (TPSA) is 61.4 Å². The molecule has 1 atom stereocenters.